The van der Waals surface area contributed by atoms with E-state index in [1.165, 1.54) is 0 Å². The highest BCUT2D eigenvalue weighted by Gasteiger charge is 1.97. The Kier molecular flexibility index (Phi) is 0.686. The topological polar surface area (TPSA) is 17.8 Å². The third-order valence-corrected chi connectivity index (χ3v) is 1.02. The minimum absolute atomic E-state index is 0.172. The average molecular weight is 182 g/mol. The van der Waals surface area contributed by atoms with E-state index in [4.69, 9.17) is 4.11 Å². The third kappa shape index (κ3) is 0.888. The maximum absolute atomic E-state index is 12.6. The first-order valence-corrected chi connectivity index (χ1v) is 2.62. The van der Waals surface area contributed by atoms with Gasteiger partial charge >= 0.3 is 0 Å². The Labute approximate surface area is 58.7 Å². The molecule has 0 spiro atoms. The van der Waals surface area contributed by atoms with Crippen LogP contribution in [0.4, 0.5) is 4.39 Å². The molecule has 1 heterocycles. The van der Waals surface area contributed by atoms with Crippen molar-refractivity contribution < 1.29 is 8.50 Å². The Morgan fingerprint density at radius 2 is 2.88 bits per heavy atom. The standard InChI is InChI=1S/C4H4BrFN2/c1-8-4(6)2-3(5)7-8/h2H,1H3/i1D3. The van der Waals surface area contributed by atoms with Crippen LogP contribution in [0.15, 0.2) is 10.7 Å². The number of aromatic nitrogens is 2. The molecule has 0 fully saturated rings. The lowest BCUT2D eigenvalue weighted by Crippen LogP contribution is -1.92. The molecule has 0 aliphatic heterocycles. The fourth-order valence-electron chi connectivity index (χ4n) is 0.332. The smallest absolute Gasteiger partial charge is 0.212 e. The van der Waals surface area contributed by atoms with Gasteiger partial charge in [0.1, 0.15) is 4.60 Å². The van der Waals surface area contributed by atoms with Gasteiger partial charge in [-0.1, -0.05) is 0 Å². The van der Waals surface area contributed by atoms with Crippen molar-refractivity contribution in [3.8, 4) is 0 Å². The maximum Gasteiger partial charge on any atom is 0.212 e. The van der Waals surface area contributed by atoms with Gasteiger partial charge in [-0.05, 0) is 15.9 Å². The van der Waals surface area contributed by atoms with E-state index in [1.54, 1.807) is 0 Å². The summed E-state index contributed by atoms with van der Waals surface area (Å²) in [5.41, 5.74) is 0. The Balaban J connectivity index is 3.13. The Morgan fingerprint density at radius 3 is 3.12 bits per heavy atom. The van der Waals surface area contributed by atoms with Gasteiger partial charge in [0.15, 0.2) is 0 Å². The number of hydrogen-bond acceptors (Lipinski definition) is 1. The Hall–Kier alpha value is -0.380. The fourth-order valence-corrected chi connectivity index (χ4v) is 0.679. The summed E-state index contributed by atoms with van der Waals surface area (Å²) in [7, 11) is 0. The fraction of sp³-hybridized carbons (Fsp3) is 0.250. The second kappa shape index (κ2) is 1.85. The van der Waals surface area contributed by atoms with Crippen molar-refractivity contribution in [2.24, 2.45) is 6.98 Å². The van der Waals surface area contributed by atoms with Crippen LogP contribution in [0.3, 0.4) is 0 Å². The normalized spacial score (nSPS) is 17.0. The molecule has 1 aromatic heterocycles. The molecule has 0 aliphatic rings. The maximum atomic E-state index is 12.6. The third-order valence-electron chi connectivity index (χ3n) is 0.636. The van der Waals surface area contributed by atoms with Crippen molar-refractivity contribution in [3.63, 3.8) is 0 Å². The molecule has 0 saturated carbocycles. The van der Waals surface area contributed by atoms with Gasteiger partial charge in [-0.3, -0.25) is 0 Å². The zero-order valence-electron chi connectivity index (χ0n) is 6.73. The van der Waals surface area contributed by atoms with Crippen LogP contribution in [0.1, 0.15) is 4.11 Å². The highest BCUT2D eigenvalue weighted by Crippen LogP contribution is 2.06. The van der Waals surface area contributed by atoms with Gasteiger partial charge in [0, 0.05) is 17.2 Å². The molecule has 2 nitrogen and oxygen atoms in total. The average Bonchev–Trinajstić information content (AvgIpc) is 2.08. The molecule has 1 rings (SSSR count). The lowest BCUT2D eigenvalue weighted by Gasteiger charge is -1.83. The molecule has 44 valence electrons. The molecule has 0 bridgehead atoms. The first-order chi connectivity index (χ1) is 4.91. The van der Waals surface area contributed by atoms with Gasteiger partial charge < -0.3 is 0 Å². The minimum Gasteiger partial charge on any atom is -0.242 e. The summed E-state index contributed by atoms with van der Waals surface area (Å²) in [6.07, 6.45) is 0. The summed E-state index contributed by atoms with van der Waals surface area (Å²) in [5, 5.41) is 3.38. The molecule has 0 aromatic carbocycles. The molecule has 0 atom stereocenters. The summed E-state index contributed by atoms with van der Waals surface area (Å²) in [6.45, 7) is -2.55. The van der Waals surface area contributed by atoms with Crippen LogP contribution < -0.4 is 0 Å². The van der Waals surface area contributed by atoms with Crippen molar-refractivity contribution in [2.45, 2.75) is 0 Å². The molecule has 0 amide bonds. The van der Waals surface area contributed by atoms with Crippen molar-refractivity contribution in [3.05, 3.63) is 16.6 Å². The van der Waals surface area contributed by atoms with Crippen molar-refractivity contribution >= 4 is 15.9 Å². The van der Waals surface area contributed by atoms with E-state index in [-0.39, 0.29) is 4.60 Å². The summed E-state index contributed by atoms with van der Waals surface area (Å²) >= 11 is 2.85. The number of aryl methyl sites for hydroxylation is 1. The molecule has 0 saturated heterocycles. The molecule has 0 radical (unpaired) electrons. The lowest BCUT2D eigenvalue weighted by molar-refractivity contribution is 0.503. The largest absolute Gasteiger partial charge is 0.242 e. The molecule has 0 aliphatic carbocycles. The molecule has 0 unspecified atom stereocenters. The Morgan fingerprint density at radius 1 is 2.12 bits per heavy atom. The minimum atomic E-state index is -2.55. The predicted molar refractivity (Wildman–Crippen MR) is 30.9 cm³/mol. The number of nitrogens with zero attached hydrogens (tertiary/aromatic N) is 2. The van der Waals surface area contributed by atoms with E-state index in [0.717, 1.165) is 6.07 Å². The monoisotopic (exact) mass is 181 g/mol. The summed E-state index contributed by atoms with van der Waals surface area (Å²) < 4.78 is 33.5. The van der Waals surface area contributed by atoms with Gasteiger partial charge in [0.05, 0.1) is 0 Å². The van der Waals surface area contributed by atoms with E-state index in [0.29, 0.717) is 4.68 Å². The van der Waals surface area contributed by atoms with E-state index >= 15 is 0 Å². The van der Waals surface area contributed by atoms with Gasteiger partial charge in [-0.15, -0.1) is 0 Å². The molecular weight excluding hydrogens is 175 g/mol. The van der Waals surface area contributed by atoms with E-state index in [9.17, 15) is 4.39 Å². The van der Waals surface area contributed by atoms with Crippen LogP contribution in [0, 0.1) is 5.95 Å². The number of rotatable bonds is 0. The molecular formula is C4H4BrFN2. The van der Waals surface area contributed by atoms with Gasteiger partial charge in [-0.25, -0.2) is 4.68 Å². The number of hydrogen-bond donors (Lipinski definition) is 0. The van der Waals surface area contributed by atoms with E-state index in [2.05, 4.69) is 21.0 Å². The van der Waals surface area contributed by atoms with Gasteiger partial charge in [0.2, 0.25) is 5.95 Å². The van der Waals surface area contributed by atoms with Crippen LogP contribution in [0.2, 0.25) is 0 Å². The van der Waals surface area contributed by atoms with Crippen LogP contribution in [0.5, 0.6) is 0 Å². The van der Waals surface area contributed by atoms with Crippen LogP contribution in [-0.2, 0) is 6.98 Å². The summed E-state index contributed by atoms with van der Waals surface area (Å²) in [6, 6.07) is 0.992. The van der Waals surface area contributed by atoms with Crippen molar-refractivity contribution in [2.75, 3.05) is 0 Å². The predicted octanol–water partition coefficient (Wildman–Crippen LogP) is 1.32. The number of halogens is 2. The zero-order valence-corrected chi connectivity index (χ0v) is 5.31. The first kappa shape index (κ1) is 2.96. The first-order valence-electron chi connectivity index (χ1n) is 3.33. The quantitative estimate of drug-likeness (QED) is 0.591. The highest BCUT2D eigenvalue weighted by molar-refractivity contribution is 9.10. The second-order valence-corrected chi connectivity index (χ2v) is 2.01. The van der Waals surface area contributed by atoms with Crippen LogP contribution in [-0.4, -0.2) is 9.78 Å². The zero-order chi connectivity index (χ0) is 8.65. The van der Waals surface area contributed by atoms with E-state index in [1.807, 2.05) is 0 Å². The summed E-state index contributed by atoms with van der Waals surface area (Å²) in [4.78, 5) is 0. The SMILES string of the molecule is [2H]C([2H])([2H])n1nc(Br)cc1F. The van der Waals surface area contributed by atoms with Crippen LogP contribution >= 0.6 is 15.9 Å². The molecule has 4 heteroatoms. The molecule has 0 N–H and O–H groups in total. The van der Waals surface area contributed by atoms with Crippen molar-refractivity contribution in [1.29, 1.82) is 0 Å². The lowest BCUT2D eigenvalue weighted by atomic mass is 10.7. The molecule has 1 aromatic rings. The van der Waals surface area contributed by atoms with Gasteiger partial charge in [-0.2, -0.15) is 9.49 Å². The highest BCUT2D eigenvalue weighted by atomic mass is 79.9. The Bertz CT molecular complexity index is 269. The van der Waals surface area contributed by atoms with Crippen molar-refractivity contribution in [1.82, 2.24) is 9.78 Å². The summed E-state index contributed by atoms with van der Waals surface area (Å²) in [5.74, 6) is -0.878. The molecule has 8 heavy (non-hydrogen) atoms. The second-order valence-electron chi connectivity index (χ2n) is 1.20. The van der Waals surface area contributed by atoms with E-state index < -0.39 is 12.9 Å². The van der Waals surface area contributed by atoms with Crippen LogP contribution in [0.25, 0.3) is 0 Å². The van der Waals surface area contributed by atoms with Gasteiger partial charge in [0.25, 0.3) is 0 Å².